The Balaban J connectivity index is 1.58. The topological polar surface area (TPSA) is 83.8 Å². The number of carbonyl (C=O) groups excluding carboxylic acids is 1. The molecule has 0 aliphatic carbocycles. The van der Waals surface area contributed by atoms with Crippen molar-refractivity contribution >= 4 is 27.8 Å². The predicted octanol–water partition coefficient (Wildman–Crippen LogP) is 5.37. The van der Waals surface area contributed by atoms with Crippen LogP contribution in [0, 0.1) is 34.6 Å². The third-order valence-corrected chi connectivity index (χ3v) is 8.17. The summed E-state index contributed by atoms with van der Waals surface area (Å²) in [6.45, 7) is 9.23. The summed E-state index contributed by atoms with van der Waals surface area (Å²) >= 11 is 0. The van der Waals surface area contributed by atoms with Crippen molar-refractivity contribution in [1.82, 2.24) is 9.99 Å². The summed E-state index contributed by atoms with van der Waals surface area (Å²) in [5.41, 5.74) is 9.55. The summed E-state index contributed by atoms with van der Waals surface area (Å²) < 4.78 is 30.5. The molecule has 0 atom stereocenters. The van der Waals surface area contributed by atoms with Crippen LogP contribution in [0.25, 0.3) is 5.69 Å². The van der Waals surface area contributed by atoms with Crippen molar-refractivity contribution in [2.75, 3.05) is 10.8 Å². The highest BCUT2D eigenvalue weighted by Crippen LogP contribution is 2.28. The largest absolute Gasteiger partial charge is 0.318 e. The average molecular weight is 529 g/mol. The van der Waals surface area contributed by atoms with E-state index in [2.05, 4.69) is 15.1 Å². The van der Waals surface area contributed by atoms with Gasteiger partial charge in [-0.15, -0.1) is 0 Å². The van der Waals surface area contributed by atoms with Gasteiger partial charge in [-0.25, -0.2) is 13.8 Å². The van der Waals surface area contributed by atoms with E-state index in [1.807, 2.05) is 83.1 Å². The summed E-state index contributed by atoms with van der Waals surface area (Å²) in [5.74, 6) is -0.547. The number of rotatable bonds is 8. The fourth-order valence-electron chi connectivity index (χ4n) is 4.45. The van der Waals surface area contributed by atoms with E-state index in [1.165, 1.54) is 0 Å². The Bertz CT molecular complexity index is 1590. The van der Waals surface area contributed by atoms with Crippen molar-refractivity contribution in [3.8, 4) is 5.69 Å². The number of amides is 1. The molecule has 1 amide bonds. The zero-order chi connectivity index (χ0) is 27.4. The van der Waals surface area contributed by atoms with Gasteiger partial charge in [0.05, 0.1) is 16.8 Å². The summed E-state index contributed by atoms with van der Waals surface area (Å²) in [5, 5.41) is 4.14. The van der Waals surface area contributed by atoms with E-state index in [-0.39, 0.29) is 4.90 Å². The molecule has 38 heavy (non-hydrogen) atoms. The second kappa shape index (κ2) is 11.1. The van der Waals surface area contributed by atoms with Gasteiger partial charge >= 0.3 is 0 Å². The lowest BCUT2D eigenvalue weighted by Crippen LogP contribution is -2.40. The van der Waals surface area contributed by atoms with Gasteiger partial charge in [0, 0.05) is 22.6 Å². The second-order valence-corrected chi connectivity index (χ2v) is 11.3. The van der Waals surface area contributed by atoms with Gasteiger partial charge in [0.15, 0.2) is 0 Å². The van der Waals surface area contributed by atoms with Gasteiger partial charge < -0.3 is 4.57 Å². The minimum atomic E-state index is -4.00. The van der Waals surface area contributed by atoms with Gasteiger partial charge in [0.1, 0.15) is 6.54 Å². The standard InChI is InChI=1S/C30H32N4O3S/c1-21-11-14-28(15-12-21)38(36,37)33(29-16-13-22(2)17-23(29)3)20-30(35)32-31-19-26-18-24(4)34(25(26)5)27-9-7-6-8-10-27/h6-19H,20H2,1-5H3,(H,32,35)/b31-19-. The third kappa shape index (κ3) is 5.70. The van der Waals surface area contributed by atoms with Gasteiger partial charge in [-0.2, -0.15) is 5.10 Å². The number of nitrogens with zero attached hydrogens (tertiary/aromatic N) is 3. The first-order chi connectivity index (χ1) is 18.1. The molecule has 0 aliphatic heterocycles. The Labute approximate surface area is 224 Å². The van der Waals surface area contributed by atoms with Crippen molar-refractivity contribution < 1.29 is 13.2 Å². The molecule has 0 radical (unpaired) electrons. The number of hydrogen-bond acceptors (Lipinski definition) is 4. The lowest BCUT2D eigenvalue weighted by molar-refractivity contribution is -0.119. The van der Waals surface area contributed by atoms with Crippen LogP contribution < -0.4 is 9.73 Å². The minimum Gasteiger partial charge on any atom is -0.318 e. The average Bonchev–Trinajstić information content (AvgIpc) is 3.16. The quantitative estimate of drug-likeness (QED) is 0.247. The highest BCUT2D eigenvalue weighted by molar-refractivity contribution is 7.92. The highest BCUT2D eigenvalue weighted by atomic mass is 32.2. The molecule has 0 unspecified atom stereocenters. The molecule has 0 aliphatic rings. The molecule has 0 fully saturated rings. The van der Waals surface area contributed by atoms with E-state index in [4.69, 9.17) is 0 Å². The SMILES string of the molecule is Cc1ccc(S(=O)(=O)N(CC(=O)N/N=C\c2cc(C)n(-c3ccccc3)c2C)c2ccc(C)cc2C)cc1. The maximum absolute atomic E-state index is 13.6. The van der Waals surface area contributed by atoms with E-state index in [9.17, 15) is 13.2 Å². The number of benzene rings is 3. The van der Waals surface area contributed by atoms with Crippen molar-refractivity contribution in [2.45, 2.75) is 39.5 Å². The van der Waals surface area contributed by atoms with Crippen LogP contribution in [0.5, 0.6) is 0 Å². The molecule has 1 heterocycles. The minimum absolute atomic E-state index is 0.118. The number of hydrazone groups is 1. The Kier molecular flexibility index (Phi) is 7.83. The van der Waals surface area contributed by atoms with Gasteiger partial charge in [0.2, 0.25) is 0 Å². The fraction of sp³-hybridized carbons (Fsp3) is 0.200. The number of sulfonamides is 1. The van der Waals surface area contributed by atoms with Crippen LogP contribution >= 0.6 is 0 Å². The first-order valence-corrected chi connectivity index (χ1v) is 13.7. The lowest BCUT2D eigenvalue weighted by Gasteiger charge is -2.25. The molecule has 4 aromatic rings. The van der Waals surface area contributed by atoms with Crippen molar-refractivity contribution in [3.05, 3.63) is 113 Å². The van der Waals surface area contributed by atoms with Gasteiger partial charge in [-0.1, -0.05) is 53.6 Å². The Morgan fingerprint density at radius 3 is 2.21 bits per heavy atom. The second-order valence-electron chi connectivity index (χ2n) is 9.41. The molecule has 0 spiro atoms. The Hall–Kier alpha value is -4.17. The smallest absolute Gasteiger partial charge is 0.264 e. The molecule has 196 valence electrons. The van der Waals surface area contributed by atoms with Crippen LogP contribution in [0.15, 0.2) is 88.9 Å². The maximum atomic E-state index is 13.6. The van der Waals surface area contributed by atoms with E-state index >= 15 is 0 Å². The van der Waals surface area contributed by atoms with E-state index in [0.717, 1.165) is 43.6 Å². The lowest BCUT2D eigenvalue weighted by atomic mass is 10.1. The molecule has 8 heteroatoms. The fourth-order valence-corrected chi connectivity index (χ4v) is 5.94. The predicted molar refractivity (Wildman–Crippen MR) is 153 cm³/mol. The molecule has 0 saturated heterocycles. The number of para-hydroxylation sites is 1. The number of anilines is 1. The number of carbonyl (C=O) groups is 1. The van der Waals surface area contributed by atoms with Crippen molar-refractivity contribution in [3.63, 3.8) is 0 Å². The van der Waals surface area contributed by atoms with E-state index in [1.54, 1.807) is 36.5 Å². The van der Waals surface area contributed by atoms with Crippen LogP contribution in [0.4, 0.5) is 5.69 Å². The van der Waals surface area contributed by atoms with Crippen LogP contribution in [0.2, 0.25) is 0 Å². The zero-order valence-corrected chi connectivity index (χ0v) is 23.1. The first kappa shape index (κ1) is 26.9. The molecule has 0 saturated carbocycles. The Morgan fingerprint density at radius 1 is 0.895 bits per heavy atom. The summed E-state index contributed by atoms with van der Waals surface area (Å²) in [6, 6.07) is 24.0. The van der Waals surface area contributed by atoms with Crippen LogP contribution in [-0.2, 0) is 14.8 Å². The van der Waals surface area contributed by atoms with Crippen LogP contribution in [0.1, 0.15) is 33.6 Å². The zero-order valence-electron chi connectivity index (χ0n) is 22.3. The first-order valence-electron chi connectivity index (χ1n) is 12.3. The number of aryl methyl sites for hydroxylation is 4. The summed E-state index contributed by atoms with van der Waals surface area (Å²) in [7, 11) is -4.00. The molecular formula is C30H32N4O3S. The van der Waals surface area contributed by atoms with Gasteiger partial charge in [-0.3, -0.25) is 9.10 Å². The van der Waals surface area contributed by atoms with E-state index in [0.29, 0.717) is 5.69 Å². The third-order valence-electron chi connectivity index (χ3n) is 6.39. The number of aromatic nitrogens is 1. The molecular weight excluding hydrogens is 496 g/mol. The highest BCUT2D eigenvalue weighted by Gasteiger charge is 2.28. The summed E-state index contributed by atoms with van der Waals surface area (Å²) in [4.78, 5) is 13.1. The van der Waals surface area contributed by atoms with Crippen LogP contribution in [-0.4, -0.2) is 31.7 Å². The molecule has 3 aromatic carbocycles. The maximum Gasteiger partial charge on any atom is 0.264 e. The Morgan fingerprint density at radius 2 is 1.55 bits per heavy atom. The molecule has 4 rings (SSSR count). The number of hydrogen-bond donors (Lipinski definition) is 1. The van der Waals surface area contributed by atoms with Crippen LogP contribution in [0.3, 0.4) is 0 Å². The van der Waals surface area contributed by atoms with Gasteiger partial charge in [0.25, 0.3) is 15.9 Å². The van der Waals surface area contributed by atoms with Crippen molar-refractivity contribution in [1.29, 1.82) is 0 Å². The number of nitrogens with one attached hydrogen (secondary N) is 1. The van der Waals surface area contributed by atoms with Gasteiger partial charge in [-0.05, 0) is 76.6 Å². The molecule has 0 bridgehead atoms. The normalized spacial score (nSPS) is 11.6. The molecule has 1 aromatic heterocycles. The molecule has 1 N–H and O–H groups in total. The summed E-state index contributed by atoms with van der Waals surface area (Å²) in [6.07, 6.45) is 1.58. The monoisotopic (exact) mass is 528 g/mol. The van der Waals surface area contributed by atoms with Crippen molar-refractivity contribution in [2.24, 2.45) is 5.10 Å². The van der Waals surface area contributed by atoms with E-state index < -0.39 is 22.5 Å². The molecule has 7 nitrogen and oxygen atoms in total.